The number of nitrogens with zero attached hydrogens (tertiary/aromatic N) is 2. The summed E-state index contributed by atoms with van der Waals surface area (Å²) in [4.78, 5) is 36.0. The number of carbonyl (C=O) groups excluding carboxylic acids is 1. The van der Waals surface area contributed by atoms with Gasteiger partial charge in [-0.1, -0.05) is 0 Å². The minimum Gasteiger partial charge on any atom is -0.340 e. The molecule has 100 valence electrons. The highest BCUT2D eigenvalue weighted by atomic mass is 32.1. The van der Waals surface area contributed by atoms with Crippen LogP contribution >= 0.6 is 11.3 Å². The molecule has 19 heavy (non-hydrogen) atoms. The summed E-state index contributed by atoms with van der Waals surface area (Å²) in [6, 6.07) is 4.22. The number of thiophene rings is 1. The molecule has 0 radical (unpaired) electrons. The number of rotatable bonds is 4. The molecule has 2 aromatic rings. The molecule has 1 amide bonds. The van der Waals surface area contributed by atoms with E-state index in [-0.39, 0.29) is 12.5 Å². The number of likely N-dealkylation sites (N-methyl/N-ethyl adjacent to an activating group) is 1. The maximum Gasteiger partial charge on any atom is 0.265 e. The van der Waals surface area contributed by atoms with Gasteiger partial charge in [-0.2, -0.15) is 11.3 Å². The van der Waals surface area contributed by atoms with Crippen LogP contribution in [0.5, 0.6) is 0 Å². The molecule has 0 spiro atoms. The maximum atomic E-state index is 11.9. The largest absolute Gasteiger partial charge is 0.340 e. The molecule has 0 aliphatic carbocycles. The van der Waals surface area contributed by atoms with Gasteiger partial charge in [-0.3, -0.25) is 19.5 Å². The van der Waals surface area contributed by atoms with Crippen LogP contribution in [0.15, 0.2) is 38.5 Å². The molecule has 0 saturated heterocycles. The summed E-state index contributed by atoms with van der Waals surface area (Å²) in [7, 11) is 1.66. The van der Waals surface area contributed by atoms with Crippen LogP contribution in [0.2, 0.25) is 0 Å². The van der Waals surface area contributed by atoms with E-state index < -0.39 is 11.1 Å². The van der Waals surface area contributed by atoms with Crippen molar-refractivity contribution in [2.45, 2.75) is 13.1 Å². The van der Waals surface area contributed by atoms with E-state index in [1.165, 1.54) is 4.90 Å². The number of amides is 1. The molecule has 0 bridgehead atoms. The summed E-state index contributed by atoms with van der Waals surface area (Å²) in [6.45, 7) is 0.309. The monoisotopic (exact) mass is 279 g/mol. The van der Waals surface area contributed by atoms with E-state index in [1.54, 1.807) is 18.4 Å². The average molecular weight is 279 g/mol. The van der Waals surface area contributed by atoms with Gasteiger partial charge in [-0.25, -0.2) is 4.68 Å². The van der Waals surface area contributed by atoms with Crippen LogP contribution in [0.3, 0.4) is 0 Å². The average Bonchev–Trinajstić information content (AvgIpc) is 2.86. The minimum atomic E-state index is -0.409. The van der Waals surface area contributed by atoms with Crippen molar-refractivity contribution in [2.24, 2.45) is 0 Å². The molecule has 0 fully saturated rings. The van der Waals surface area contributed by atoms with E-state index in [4.69, 9.17) is 0 Å². The summed E-state index contributed by atoms with van der Waals surface area (Å²) in [6.07, 6.45) is 0. The maximum absolute atomic E-state index is 11.9. The Bertz CT molecular complexity index is 672. The van der Waals surface area contributed by atoms with Crippen LogP contribution in [0.1, 0.15) is 5.56 Å². The highest BCUT2D eigenvalue weighted by Gasteiger charge is 2.11. The molecule has 6 nitrogen and oxygen atoms in total. The topological polar surface area (TPSA) is 75.2 Å². The van der Waals surface area contributed by atoms with E-state index in [2.05, 4.69) is 5.10 Å². The van der Waals surface area contributed by atoms with Crippen LogP contribution in [0.4, 0.5) is 0 Å². The van der Waals surface area contributed by atoms with Gasteiger partial charge >= 0.3 is 0 Å². The lowest BCUT2D eigenvalue weighted by atomic mass is 10.3. The van der Waals surface area contributed by atoms with E-state index >= 15 is 0 Å². The van der Waals surface area contributed by atoms with Crippen molar-refractivity contribution in [3.63, 3.8) is 0 Å². The summed E-state index contributed by atoms with van der Waals surface area (Å²) >= 11 is 1.56. The fourth-order valence-corrected chi connectivity index (χ4v) is 2.24. The van der Waals surface area contributed by atoms with E-state index in [0.29, 0.717) is 6.54 Å². The lowest BCUT2D eigenvalue weighted by Gasteiger charge is -2.16. The SMILES string of the molecule is CN(Cc1ccsc1)C(=O)Cn1[nH]c(=O)ccc1=O. The lowest BCUT2D eigenvalue weighted by molar-refractivity contribution is -0.131. The molecule has 0 aromatic carbocycles. The van der Waals surface area contributed by atoms with E-state index in [1.807, 2.05) is 16.8 Å². The predicted molar refractivity (Wildman–Crippen MR) is 72.1 cm³/mol. The Balaban J connectivity index is 2.06. The summed E-state index contributed by atoms with van der Waals surface area (Å²) in [5, 5.41) is 6.22. The van der Waals surface area contributed by atoms with Gasteiger partial charge < -0.3 is 4.90 Å². The van der Waals surface area contributed by atoms with Gasteiger partial charge in [-0.05, 0) is 22.4 Å². The van der Waals surface area contributed by atoms with E-state index in [0.717, 1.165) is 22.4 Å². The highest BCUT2D eigenvalue weighted by molar-refractivity contribution is 7.07. The predicted octanol–water partition coefficient (Wildman–Crippen LogP) is 0.257. The number of H-pyrrole nitrogens is 1. The van der Waals surface area contributed by atoms with Crippen molar-refractivity contribution in [3.8, 4) is 0 Å². The number of hydrogen-bond acceptors (Lipinski definition) is 4. The van der Waals surface area contributed by atoms with Crippen LogP contribution < -0.4 is 11.1 Å². The molecular formula is C12H13N3O3S. The van der Waals surface area contributed by atoms with Crippen molar-refractivity contribution in [1.82, 2.24) is 14.7 Å². The van der Waals surface area contributed by atoms with Gasteiger partial charge in [0, 0.05) is 25.7 Å². The molecule has 7 heteroatoms. The highest BCUT2D eigenvalue weighted by Crippen LogP contribution is 2.08. The van der Waals surface area contributed by atoms with Crippen LogP contribution in [-0.4, -0.2) is 27.6 Å². The summed E-state index contributed by atoms with van der Waals surface area (Å²) in [5.74, 6) is -0.241. The number of aromatic amines is 1. The molecular weight excluding hydrogens is 266 g/mol. The Hall–Kier alpha value is -2.15. The van der Waals surface area contributed by atoms with Crippen LogP contribution in [-0.2, 0) is 17.9 Å². The number of nitrogens with one attached hydrogen (secondary N) is 1. The summed E-state index contributed by atoms with van der Waals surface area (Å²) in [5.41, 5.74) is 0.222. The Morgan fingerprint density at radius 2 is 2.16 bits per heavy atom. The van der Waals surface area contributed by atoms with Gasteiger partial charge in [0.2, 0.25) is 5.91 Å². The minimum absolute atomic E-state index is 0.171. The first kappa shape index (κ1) is 13.3. The zero-order chi connectivity index (χ0) is 13.8. The molecule has 0 aliphatic heterocycles. The molecule has 2 heterocycles. The van der Waals surface area contributed by atoms with Gasteiger partial charge in [-0.15, -0.1) is 0 Å². The standard InChI is InChI=1S/C12H13N3O3S/c1-14(6-9-4-5-19-8-9)12(18)7-15-11(17)3-2-10(16)13-15/h2-5,8H,6-7H2,1H3,(H,13,16). The smallest absolute Gasteiger partial charge is 0.265 e. The van der Waals surface area contributed by atoms with Crippen LogP contribution in [0.25, 0.3) is 0 Å². The zero-order valence-corrected chi connectivity index (χ0v) is 11.1. The molecule has 0 atom stereocenters. The van der Waals surface area contributed by atoms with Gasteiger partial charge in [0.25, 0.3) is 11.1 Å². The zero-order valence-electron chi connectivity index (χ0n) is 10.3. The number of aromatic nitrogens is 2. The molecule has 2 rings (SSSR count). The first-order chi connectivity index (χ1) is 9.06. The van der Waals surface area contributed by atoms with Gasteiger partial charge in [0.05, 0.1) is 0 Å². The van der Waals surface area contributed by atoms with Crippen LogP contribution in [0, 0.1) is 0 Å². The second-order valence-corrected chi connectivity index (χ2v) is 4.90. The third-order valence-electron chi connectivity index (χ3n) is 2.61. The van der Waals surface area contributed by atoms with Gasteiger partial charge in [0.15, 0.2) is 0 Å². The van der Waals surface area contributed by atoms with Crippen molar-refractivity contribution in [3.05, 3.63) is 55.2 Å². The first-order valence-electron chi connectivity index (χ1n) is 5.61. The third-order valence-corrected chi connectivity index (χ3v) is 3.34. The molecule has 0 saturated carbocycles. The fourth-order valence-electron chi connectivity index (χ4n) is 1.58. The van der Waals surface area contributed by atoms with Crippen molar-refractivity contribution >= 4 is 17.2 Å². The van der Waals surface area contributed by atoms with Crippen molar-refractivity contribution in [1.29, 1.82) is 0 Å². The number of carbonyl (C=O) groups is 1. The Morgan fingerprint density at radius 3 is 2.84 bits per heavy atom. The quantitative estimate of drug-likeness (QED) is 0.872. The number of hydrogen-bond donors (Lipinski definition) is 1. The Morgan fingerprint density at radius 1 is 1.37 bits per heavy atom. The lowest BCUT2D eigenvalue weighted by Crippen LogP contribution is -2.36. The Kier molecular flexibility index (Phi) is 3.96. The molecule has 0 unspecified atom stereocenters. The Labute approximate surface area is 112 Å². The molecule has 0 aliphatic rings. The second-order valence-electron chi connectivity index (χ2n) is 4.12. The third kappa shape index (κ3) is 3.41. The normalized spacial score (nSPS) is 10.4. The first-order valence-corrected chi connectivity index (χ1v) is 6.56. The van der Waals surface area contributed by atoms with Crippen molar-refractivity contribution < 1.29 is 4.79 Å². The molecule has 1 N–H and O–H groups in total. The second kappa shape index (κ2) is 5.66. The van der Waals surface area contributed by atoms with E-state index in [9.17, 15) is 14.4 Å². The molecule has 2 aromatic heterocycles. The fraction of sp³-hybridized carbons (Fsp3) is 0.250. The van der Waals surface area contributed by atoms with Gasteiger partial charge in [0.1, 0.15) is 6.54 Å². The van der Waals surface area contributed by atoms with Crippen molar-refractivity contribution in [2.75, 3.05) is 7.05 Å². The summed E-state index contributed by atoms with van der Waals surface area (Å²) < 4.78 is 1.01.